The summed E-state index contributed by atoms with van der Waals surface area (Å²) in [5, 5.41) is 5.70. The zero-order valence-electron chi connectivity index (χ0n) is 10.0. The predicted octanol–water partition coefficient (Wildman–Crippen LogP) is 5.25. The summed E-state index contributed by atoms with van der Waals surface area (Å²) in [5.74, 6) is 0. The zero-order chi connectivity index (χ0) is 12.3. The number of anilines is 1. The Morgan fingerprint density at radius 2 is 2.06 bits per heavy atom. The van der Waals surface area contributed by atoms with Gasteiger partial charge in [-0.05, 0) is 52.4 Å². The molecule has 17 heavy (non-hydrogen) atoms. The first-order valence-electron chi connectivity index (χ1n) is 5.79. The maximum atomic E-state index is 3.59. The molecule has 2 rings (SSSR count). The van der Waals surface area contributed by atoms with E-state index in [0.717, 1.165) is 6.42 Å². The topological polar surface area (TPSA) is 12.0 Å². The van der Waals surface area contributed by atoms with Gasteiger partial charge in [0.15, 0.2) is 0 Å². The van der Waals surface area contributed by atoms with Gasteiger partial charge >= 0.3 is 0 Å². The summed E-state index contributed by atoms with van der Waals surface area (Å²) in [6.07, 6.45) is 1.06. The van der Waals surface area contributed by atoms with Crippen LogP contribution in [0.4, 0.5) is 5.69 Å². The minimum absolute atomic E-state index is 0.331. The summed E-state index contributed by atoms with van der Waals surface area (Å²) in [7, 11) is 0. The van der Waals surface area contributed by atoms with E-state index in [-0.39, 0.29) is 0 Å². The second-order valence-electron chi connectivity index (χ2n) is 4.01. The van der Waals surface area contributed by atoms with Crippen molar-refractivity contribution in [2.24, 2.45) is 0 Å². The Kier molecular flexibility index (Phi) is 4.24. The van der Waals surface area contributed by atoms with E-state index >= 15 is 0 Å². The van der Waals surface area contributed by atoms with Gasteiger partial charge in [-0.3, -0.25) is 0 Å². The van der Waals surface area contributed by atoms with E-state index in [0.29, 0.717) is 6.04 Å². The molecule has 1 heterocycles. The molecule has 0 spiro atoms. The molecule has 0 aliphatic carbocycles. The van der Waals surface area contributed by atoms with Gasteiger partial charge < -0.3 is 5.32 Å². The van der Waals surface area contributed by atoms with Gasteiger partial charge in [-0.25, -0.2) is 0 Å². The monoisotopic (exact) mass is 309 g/mol. The van der Waals surface area contributed by atoms with Crippen molar-refractivity contribution in [1.29, 1.82) is 0 Å². The molecular weight excluding hydrogens is 294 g/mol. The lowest BCUT2D eigenvalue weighted by molar-refractivity contribution is 0.897. The van der Waals surface area contributed by atoms with Crippen LogP contribution in [0.15, 0.2) is 40.2 Å². The van der Waals surface area contributed by atoms with Crippen molar-refractivity contribution >= 4 is 33.0 Å². The van der Waals surface area contributed by atoms with Crippen molar-refractivity contribution in [1.82, 2.24) is 0 Å². The summed E-state index contributed by atoms with van der Waals surface area (Å²) in [5.41, 5.74) is 2.61. The van der Waals surface area contributed by atoms with E-state index in [1.165, 1.54) is 20.6 Å². The molecule has 1 N–H and O–H groups in total. The van der Waals surface area contributed by atoms with Gasteiger partial charge in [0, 0.05) is 15.0 Å². The number of aryl methyl sites for hydroxylation is 1. The van der Waals surface area contributed by atoms with E-state index in [2.05, 4.69) is 70.8 Å². The Bertz CT molecular complexity index is 492. The highest BCUT2D eigenvalue weighted by Crippen LogP contribution is 2.31. The fourth-order valence-corrected chi connectivity index (χ4v) is 3.61. The highest BCUT2D eigenvalue weighted by molar-refractivity contribution is 9.10. The number of hydrogen-bond acceptors (Lipinski definition) is 2. The highest BCUT2D eigenvalue weighted by atomic mass is 79.9. The minimum Gasteiger partial charge on any atom is -0.377 e. The predicted molar refractivity (Wildman–Crippen MR) is 79.9 cm³/mol. The lowest BCUT2D eigenvalue weighted by atomic mass is 10.1. The van der Waals surface area contributed by atoms with Crippen molar-refractivity contribution in [2.45, 2.75) is 26.3 Å². The molecule has 1 aromatic carbocycles. The second-order valence-corrected chi connectivity index (χ2v) is 5.81. The molecule has 0 aliphatic rings. The third-order valence-electron chi connectivity index (χ3n) is 2.81. The quantitative estimate of drug-likeness (QED) is 0.813. The number of hydrogen-bond donors (Lipinski definition) is 1. The van der Waals surface area contributed by atoms with Crippen molar-refractivity contribution in [3.05, 3.63) is 50.6 Å². The molecule has 0 saturated heterocycles. The maximum Gasteiger partial charge on any atom is 0.0589 e. The number of nitrogens with one attached hydrogen (secondary N) is 1. The van der Waals surface area contributed by atoms with Gasteiger partial charge in [0.05, 0.1) is 6.04 Å². The Morgan fingerprint density at radius 1 is 1.29 bits per heavy atom. The summed E-state index contributed by atoms with van der Waals surface area (Å²) >= 11 is 5.37. The van der Waals surface area contributed by atoms with Gasteiger partial charge in [-0.2, -0.15) is 0 Å². The van der Waals surface area contributed by atoms with Gasteiger partial charge in [-0.15, -0.1) is 11.3 Å². The molecular formula is C14H16BrNS. The van der Waals surface area contributed by atoms with Gasteiger partial charge in [0.2, 0.25) is 0 Å². The number of halogens is 1. The Balaban J connectivity index is 2.18. The van der Waals surface area contributed by atoms with Crippen molar-refractivity contribution in [3.8, 4) is 0 Å². The van der Waals surface area contributed by atoms with Crippen molar-refractivity contribution in [2.75, 3.05) is 5.32 Å². The summed E-state index contributed by atoms with van der Waals surface area (Å²) in [4.78, 5) is 1.34. The first-order valence-corrected chi connectivity index (χ1v) is 7.47. The molecule has 0 radical (unpaired) electrons. The second kappa shape index (κ2) is 5.69. The third-order valence-corrected chi connectivity index (χ3v) is 4.86. The fourth-order valence-electron chi connectivity index (χ4n) is 1.88. The Labute approximate surface area is 115 Å². The van der Waals surface area contributed by atoms with Crippen LogP contribution in [0.3, 0.4) is 0 Å². The molecule has 1 atom stereocenters. The third kappa shape index (κ3) is 2.90. The van der Waals surface area contributed by atoms with Gasteiger partial charge in [0.1, 0.15) is 0 Å². The summed E-state index contributed by atoms with van der Waals surface area (Å²) in [6.45, 7) is 4.38. The van der Waals surface area contributed by atoms with Crippen LogP contribution in [-0.4, -0.2) is 0 Å². The number of para-hydroxylation sites is 1. The van der Waals surface area contributed by atoms with Crippen LogP contribution < -0.4 is 5.32 Å². The molecule has 0 fully saturated rings. The normalized spacial score (nSPS) is 12.4. The molecule has 1 aromatic heterocycles. The number of thiophene rings is 1. The Hall–Kier alpha value is -0.800. The van der Waals surface area contributed by atoms with E-state index < -0.39 is 0 Å². The summed E-state index contributed by atoms with van der Waals surface area (Å²) < 4.78 is 1.19. The van der Waals surface area contributed by atoms with Crippen LogP contribution in [-0.2, 0) is 6.42 Å². The molecule has 3 heteroatoms. The summed E-state index contributed by atoms with van der Waals surface area (Å²) in [6, 6.07) is 10.9. The molecule has 0 amide bonds. The van der Waals surface area contributed by atoms with Crippen LogP contribution in [0, 0.1) is 0 Å². The average molecular weight is 310 g/mol. The molecule has 1 unspecified atom stereocenters. The lowest BCUT2D eigenvalue weighted by Gasteiger charge is -2.17. The van der Waals surface area contributed by atoms with Crippen LogP contribution in [0.5, 0.6) is 0 Å². The van der Waals surface area contributed by atoms with E-state index in [4.69, 9.17) is 0 Å². The molecule has 0 aliphatic heterocycles. The van der Waals surface area contributed by atoms with E-state index in [1.807, 2.05) is 0 Å². The molecule has 0 saturated carbocycles. The number of rotatable bonds is 4. The van der Waals surface area contributed by atoms with Crippen LogP contribution in [0.1, 0.15) is 30.3 Å². The van der Waals surface area contributed by atoms with E-state index in [9.17, 15) is 0 Å². The molecule has 2 aromatic rings. The average Bonchev–Trinajstić information content (AvgIpc) is 2.76. The fraction of sp³-hybridized carbons (Fsp3) is 0.286. The Morgan fingerprint density at radius 3 is 2.71 bits per heavy atom. The van der Waals surface area contributed by atoms with Gasteiger partial charge in [0.25, 0.3) is 0 Å². The minimum atomic E-state index is 0.331. The van der Waals surface area contributed by atoms with E-state index in [1.54, 1.807) is 11.3 Å². The first kappa shape index (κ1) is 12.7. The van der Waals surface area contributed by atoms with Crippen LogP contribution >= 0.6 is 27.3 Å². The smallest absolute Gasteiger partial charge is 0.0589 e. The molecule has 1 nitrogen and oxygen atoms in total. The highest BCUT2D eigenvalue weighted by Gasteiger charge is 2.11. The van der Waals surface area contributed by atoms with Crippen LogP contribution in [0.25, 0.3) is 0 Å². The zero-order valence-corrected chi connectivity index (χ0v) is 12.4. The number of benzene rings is 1. The maximum absolute atomic E-state index is 3.59. The van der Waals surface area contributed by atoms with Gasteiger partial charge in [-0.1, -0.05) is 25.1 Å². The first-order chi connectivity index (χ1) is 8.22. The molecule has 90 valence electrons. The van der Waals surface area contributed by atoms with Crippen molar-refractivity contribution < 1.29 is 0 Å². The van der Waals surface area contributed by atoms with Crippen molar-refractivity contribution in [3.63, 3.8) is 0 Å². The molecule has 0 bridgehead atoms. The SMILES string of the molecule is CCc1ccccc1NC(C)c1sccc1Br. The standard InChI is InChI=1S/C14H16BrNS/c1-3-11-6-4-5-7-13(11)16-10(2)14-12(15)8-9-17-14/h4-10,16H,3H2,1-2H3. The van der Waals surface area contributed by atoms with Crippen LogP contribution in [0.2, 0.25) is 0 Å². The lowest BCUT2D eigenvalue weighted by Crippen LogP contribution is -2.07. The largest absolute Gasteiger partial charge is 0.377 e.